The molecular formula is C33H33F6N3O4. The first-order valence-corrected chi connectivity index (χ1v) is 15.2. The molecule has 0 bridgehead atoms. The maximum absolute atomic E-state index is 13.6. The number of aromatic nitrogens is 1. The summed E-state index contributed by atoms with van der Waals surface area (Å²) in [5, 5.41) is 9.37. The predicted octanol–water partition coefficient (Wildman–Crippen LogP) is 7.54. The molecule has 1 saturated carbocycles. The number of alkyl halides is 6. The van der Waals surface area contributed by atoms with Gasteiger partial charge in [0.05, 0.1) is 35.5 Å². The van der Waals surface area contributed by atoms with Crippen molar-refractivity contribution in [3.63, 3.8) is 0 Å². The highest BCUT2D eigenvalue weighted by Crippen LogP contribution is 2.43. The number of anilines is 1. The first-order chi connectivity index (χ1) is 21.8. The van der Waals surface area contributed by atoms with Crippen molar-refractivity contribution in [3.8, 4) is 16.9 Å². The SMILES string of the molecule is CC1C(c2cc(C(F)(F)F)cc(C(F)(F)F)c2)OC(=O)N1Cc1nc(N2CCC2)ccc1-c1cc(CCCO)ccc1OC1CC1. The molecule has 1 aromatic heterocycles. The Bertz CT molecular complexity index is 1570. The smallest absolute Gasteiger partial charge is 0.416 e. The Morgan fingerprint density at radius 1 is 0.957 bits per heavy atom. The van der Waals surface area contributed by atoms with Gasteiger partial charge in [-0.3, -0.25) is 4.90 Å². The number of aryl methyl sites for hydroxylation is 1. The number of carbonyl (C=O) groups is 1. The maximum atomic E-state index is 13.6. The Morgan fingerprint density at radius 2 is 1.65 bits per heavy atom. The van der Waals surface area contributed by atoms with Crippen molar-refractivity contribution >= 4 is 11.9 Å². The number of hydrogen-bond donors (Lipinski definition) is 1. The van der Waals surface area contributed by atoms with E-state index in [2.05, 4.69) is 4.90 Å². The fourth-order valence-electron chi connectivity index (χ4n) is 5.74. The highest BCUT2D eigenvalue weighted by Gasteiger charge is 2.43. The number of nitrogens with zero attached hydrogens (tertiary/aromatic N) is 3. The van der Waals surface area contributed by atoms with Crippen LogP contribution in [0.2, 0.25) is 0 Å². The highest BCUT2D eigenvalue weighted by atomic mass is 19.4. The largest absolute Gasteiger partial charge is 0.490 e. The quantitative estimate of drug-likeness (QED) is 0.229. The van der Waals surface area contributed by atoms with Crippen LogP contribution in [0.4, 0.5) is 37.0 Å². The number of aliphatic hydroxyl groups excluding tert-OH is 1. The van der Waals surface area contributed by atoms with E-state index in [1.165, 1.54) is 11.8 Å². The van der Waals surface area contributed by atoms with Crippen LogP contribution in [0.3, 0.4) is 0 Å². The van der Waals surface area contributed by atoms with E-state index < -0.39 is 47.3 Å². The van der Waals surface area contributed by atoms with Crippen molar-refractivity contribution in [1.29, 1.82) is 0 Å². The van der Waals surface area contributed by atoms with E-state index in [1.807, 2.05) is 30.3 Å². The van der Waals surface area contributed by atoms with E-state index in [9.17, 15) is 36.2 Å². The number of carbonyl (C=O) groups excluding carboxylic acids is 1. The number of cyclic esters (lactones) is 1. The van der Waals surface area contributed by atoms with Crippen LogP contribution in [0, 0.1) is 0 Å². The van der Waals surface area contributed by atoms with Crippen molar-refractivity contribution in [1.82, 2.24) is 9.88 Å². The average molecular weight is 650 g/mol. The van der Waals surface area contributed by atoms with E-state index in [-0.39, 0.29) is 25.3 Å². The fraction of sp³-hybridized carbons (Fsp3) is 0.455. The molecule has 2 unspecified atom stereocenters. The lowest BCUT2D eigenvalue weighted by Gasteiger charge is -2.33. The van der Waals surface area contributed by atoms with Crippen LogP contribution in [0.25, 0.3) is 11.1 Å². The minimum absolute atomic E-state index is 0.0272. The zero-order valence-corrected chi connectivity index (χ0v) is 25.0. The van der Waals surface area contributed by atoms with Gasteiger partial charge >= 0.3 is 18.4 Å². The van der Waals surface area contributed by atoms with Crippen molar-refractivity contribution < 1.29 is 45.7 Å². The lowest BCUT2D eigenvalue weighted by atomic mass is 9.96. The first kappa shape index (κ1) is 32.0. The Hall–Kier alpha value is -4.00. The number of benzene rings is 2. The van der Waals surface area contributed by atoms with E-state index in [4.69, 9.17) is 14.5 Å². The molecule has 3 aromatic rings. The molecule has 1 amide bonds. The second-order valence-corrected chi connectivity index (χ2v) is 12.0. The van der Waals surface area contributed by atoms with Gasteiger partial charge in [0.25, 0.3) is 0 Å². The van der Waals surface area contributed by atoms with Crippen LogP contribution in [0.1, 0.15) is 66.7 Å². The summed E-state index contributed by atoms with van der Waals surface area (Å²) in [6.07, 6.45) is -8.22. The topological polar surface area (TPSA) is 75.1 Å². The third-order valence-corrected chi connectivity index (χ3v) is 8.57. The molecular weight excluding hydrogens is 616 g/mol. The van der Waals surface area contributed by atoms with Crippen LogP contribution in [-0.4, -0.2) is 52.9 Å². The molecule has 3 heterocycles. The Labute approximate surface area is 261 Å². The molecule has 2 aliphatic heterocycles. The van der Waals surface area contributed by atoms with Crippen LogP contribution in [-0.2, 0) is 30.1 Å². The number of hydrogen-bond acceptors (Lipinski definition) is 6. The summed E-state index contributed by atoms with van der Waals surface area (Å²) >= 11 is 0. The number of halogens is 6. The number of ether oxygens (including phenoxy) is 2. The Kier molecular flexibility index (Phi) is 8.55. The van der Waals surface area contributed by atoms with Gasteiger partial charge in [-0.2, -0.15) is 26.3 Å². The summed E-state index contributed by atoms with van der Waals surface area (Å²) in [5.41, 5.74) is -0.497. The number of pyridine rings is 1. The van der Waals surface area contributed by atoms with Crippen LogP contribution < -0.4 is 9.64 Å². The van der Waals surface area contributed by atoms with Crippen LogP contribution in [0.15, 0.2) is 48.5 Å². The molecule has 0 spiro atoms. The Balaban J connectivity index is 1.37. The maximum Gasteiger partial charge on any atom is 0.416 e. The van der Waals surface area contributed by atoms with E-state index in [0.29, 0.717) is 47.8 Å². The summed E-state index contributed by atoms with van der Waals surface area (Å²) in [6, 6.07) is 9.89. The fourth-order valence-corrected chi connectivity index (χ4v) is 5.74. The molecule has 0 radical (unpaired) electrons. The molecule has 1 N–H and O–H groups in total. The summed E-state index contributed by atoms with van der Waals surface area (Å²) < 4.78 is 93.2. The normalized spacial score (nSPS) is 20.1. The van der Waals surface area contributed by atoms with E-state index in [1.54, 1.807) is 0 Å². The van der Waals surface area contributed by atoms with Crippen LogP contribution >= 0.6 is 0 Å². The summed E-state index contributed by atoms with van der Waals surface area (Å²) in [5.74, 6) is 1.32. The average Bonchev–Trinajstić information content (AvgIpc) is 3.75. The lowest BCUT2D eigenvalue weighted by molar-refractivity contribution is -0.143. The second kappa shape index (κ2) is 12.3. The molecule has 7 nitrogen and oxygen atoms in total. The van der Waals surface area contributed by atoms with Gasteiger partial charge in [-0.1, -0.05) is 6.07 Å². The monoisotopic (exact) mass is 649 g/mol. The second-order valence-electron chi connectivity index (χ2n) is 12.0. The summed E-state index contributed by atoms with van der Waals surface area (Å²) in [4.78, 5) is 21.5. The van der Waals surface area contributed by atoms with Crippen LogP contribution in [0.5, 0.6) is 5.75 Å². The third kappa shape index (κ3) is 6.74. The molecule has 13 heteroatoms. The molecule has 46 heavy (non-hydrogen) atoms. The zero-order valence-electron chi connectivity index (χ0n) is 25.0. The predicted molar refractivity (Wildman–Crippen MR) is 156 cm³/mol. The molecule has 6 rings (SSSR count). The number of rotatable bonds is 10. The standard InChI is InChI=1S/C33H33F6N3O4/c1-19-30(21-15-22(32(34,35)36)17-23(16-21)33(37,38)39)46-31(44)42(19)18-27-25(8-10-29(40-27)41-11-3-12-41)26-14-20(4-2-13-43)5-9-28(26)45-24-6-7-24/h5,8-10,14-17,19,24,30,43H,2-4,6-7,11-13,18H2,1H3. The van der Waals surface area contributed by atoms with Crippen molar-refractivity contribution in [2.45, 2.75) is 76.2 Å². The molecule has 2 atom stereocenters. The van der Waals surface area contributed by atoms with Crippen molar-refractivity contribution in [2.24, 2.45) is 0 Å². The molecule has 1 aliphatic carbocycles. The highest BCUT2D eigenvalue weighted by molar-refractivity contribution is 5.76. The van der Waals surface area contributed by atoms with Crippen molar-refractivity contribution in [3.05, 3.63) is 76.5 Å². The molecule has 3 aliphatic rings. The number of aliphatic hydroxyl groups is 1. The van der Waals surface area contributed by atoms with E-state index >= 15 is 0 Å². The van der Waals surface area contributed by atoms with Gasteiger partial charge < -0.3 is 19.5 Å². The van der Waals surface area contributed by atoms with Crippen molar-refractivity contribution in [2.75, 3.05) is 24.6 Å². The molecule has 2 aromatic carbocycles. The van der Waals surface area contributed by atoms with E-state index in [0.717, 1.165) is 43.5 Å². The third-order valence-electron chi connectivity index (χ3n) is 8.57. The summed E-state index contributed by atoms with van der Waals surface area (Å²) in [6.45, 7) is 3.06. The zero-order chi connectivity index (χ0) is 32.8. The minimum Gasteiger partial charge on any atom is -0.490 e. The van der Waals surface area contributed by atoms with Gasteiger partial charge in [0, 0.05) is 30.8 Å². The van der Waals surface area contributed by atoms with Gasteiger partial charge in [-0.05, 0) is 92.6 Å². The van der Waals surface area contributed by atoms with Gasteiger partial charge in [-0.25, -0.2) is 9.78 Å². The lowest BCUT2D eigenvalue weighted by Crippen LogP contribution is -2.38. The molecule has 246 valence electrons. The summed E-state index contributed by atoms with van der Waals surface area (Å²) in [7, 11) is 0. The minimum atomic E-state index is -5.04. The van der Waals surface area contributed by atoms with Gasteiger partial charge in [0.2, 0.25) is 0 Å². The van der Waals surface area contributed by atoms with Gasteiger partial charge in [0.15, 0.2) is 0 Å². The first-order valence-electron chi connectivity index (χ1n) is 15.2. The molecule has 3 fully saturated rings. The number of amides is 1. The van der Waals surface area contributed by atoms with Gasteiger partial charge in [-0.15, -0.1) is 0 Å². The Morgan fingerprint density at radius 3 is 2.24 bits per heavy atom. The molecule has 2 saturated heterocycles. The van der Waals surface area contributed by atoms with Gasteiger partial charge in [0.1, 0.15) is 17.7 Å².